The van der Waals surface area contributed by atoms with Crippen LogP contribution in [0.3, 0.4) is 0 Å². The molecule has 0 spiro atoms. The minimum absolute atomic E-state index is 0.484. The number of benzene rings is 1. The van der Waals surface area contributed by atoms with Crippen molar-refractivity contribution in [3.8, 4) is 11.3 Å². The highest BCUT2D eigenvalue weighted by Crippen LogP contribution is 2.20. The summed E-state index contributed by atoms with van der Waals surface area (Å²) in [7, 11) is 2.17. The summed E-state index contributed by atoms with van der Waals surface area (Å²) in [5.74, 6) is 1.05. The molecule has 1 aromatic heterocycles. The van der Waals surface area contributed by atoms with Crippen molar-refractivity contribution in [3.63, 3.8) is 0 Å². The van der Waals surface area contributed by atoms with E-state index in [2.05, 4.69) is 55.3 Å². The average Bonchev–Trinajstić information content (AvgIpc) is 2.88. The second-order valence-corrected chi connectivity index (χ2v) is 6.28. The van der Waals surface area contributed by atoms with Gasteiger partial charge in [-0.1, -0.05) is 28.1 Å². The lowest BCUT2D eigenvalue weighted by atomic mass is 10.1. The number of H-pyrrole nitrogens is 1. The third-order valence-corrected chi connectivity index (χ3v) is 4.21. The maximum atomic E-state index is 4.51. The van der Waals surface area contributed by atoms with Gasteiger partial charge in [-0.15, -0.1) is 0 Å². The van der Waals surface area contributed by atoms with E-state index in [-0.39, 0.29) is 0 Å². The summed E-state index contributed by atoms with van der Waals surface area (Å²) >= 11 is 3.46. The highest BCUT2D eigenvalue weighted by atomic mass is 79.9. The summed E-state index contributed by atoms with van der Waals surface area (Å²) in [5.41, 5.74) is 2.25. The van der Waals surface area contributed by atoms with Crippen molar-refractivity contribution in [2.45, 2.75) is 12.5 Å². The van der Waals surface area contributed by atoms with E-state index in [9.17, 15) is 0 Å². The normalized spacial score (nSPS) is 20.2. The average molecular weight is 335 g/mol. The molecular weight excluding hydrogens is 316 g/mol. The van der Waals surface area contributed by atoms with E-state index >= 15 is 0 Å². The minimum atomic E-state index is 0.484. The zero-order chi connectivity index (χ0) is 13.9. The van der Waals surface area contributed by atoms with Gasteiger partial charge in [0.1, 0.15) is 5.82 Å². The van der Waals surface area contributed by atoms with Crippen molar-refractivity contribution in [1.29, 1.82) is 0 Å². The van der Waals surface area contributed by atoms with Crippen molar-refractivity contribution < 1.29 is 0 Å². The third-order valence-electron chi connectivity index (χ3n) is 3.68. The van der Waals surface area contributed by atoms with Crippen LogP contribution in [0.5, 0.6) is 0 Å². The number of nitrogens with zero attached hydrogens (tertiary/aromatic N) is 2. The standard InChI is InChI=1S/C15H19BrN4/c1-20-7-6-17-13(10-20)8-15-18-9-14(19-15)11-2-4-12(16)5-3-11/h2-5,9,13,17H,6-8,10H2,1H3,(H,18,19). The van der Waals surface area contributed by atoms with Crippen molar-refractivity contribution >= 4 is 15.9 Å². The molecule has 4 nitrogen and oxygen atoms in total. The topological polar surface area (TPSA) is 44.0 Å². The summed E-state index contributed by atoms with van der Waals surface area (Å²) in [4.78, 5) is 10.3. The zero-order valence-corrected chi connectivity index (χ0v) is 13.2. The fourth-order valence-corrected chi connectivity index (χ4v) is 2.87. The van der Waals surface area contributed by atoms with Crippen LogP contribution in [-0.4, -0.2) is 47.6 Å². The Morgan fingerprint density at radius 1 is 1.35 bits per heavy atom. The maximum Gasteiger partial charge on any atom is 0.108 e. The van der Waals surface area contributed by atoms with Crippen LogP contribution in [0, 0.1) is 0 Å². The molecule has 1 aliphatic heterocycles. The summed E-state index contributed by atoms with van der Waals surface area (Å²) in [6.45, 7) is 3.26. The van der Waals surface area contributed by atoms with Gasteiger partial charge < -0.3 is 15.2 Å². The number of piperazine rings is 1. The van der Waals surface area contributed by atoms with Crippen LogP contribution in [0.2, 0.25) is 0 Å². The number of likely N-dealkylation sites (N-methyl/N-ethyl adjacent to an activating group) is 1. The lowest BCUT2D eigenvalue weighted by Crippen LogP contribution is -2.50. The fourth-order valence-electron chi connectivity index (χ4n) is 2.60. The number of nitrogens with one attached hydrogen (secondary N) is 2. The zero-order valence-electron chi connectivity index (χ0n) is 11.6. The maximum absolute atomic E-state index is 4.51. The van der Waals surface area contributed by atoms with Gasteiger partial charge in [0.2, 0.25) is 0 Å². The molecule has 1 aromatic carbocycles. The molecule has 2 aromatic rings. The smallest absolute Gasteiger partial charge is 0.108 e. The molecule has 3 rings (SSSR count). The Kier molecular flexibility index (Phi) is 4.19. The molecule has 20 heavy (non-hydrogen) atoms. The van der Waals surface area contributed by atoms with Crippen LogP contribution in [0.1, 0.15) is 5.82 Å². The van der Waals surface area contributed by atoms with Gasteiger partial charge in [-0.05, 0) is 24.7 Å². The first-order valence-corrected chi connectivity index (χ1v) is 7.72. The van der Waals surface area contributed by atoms with Crippen LogP contribution in [0.15, 0.2) is 34.9 Å². The lowest BCUT2D eigenvalue weighted by molar-refractivity contribution is 0.236. The highest BCUT2D eigenvalue weighted by molar-refractivity contribution is 9.10. The van der Waals surface area contributed by atoms with E-state index in [1.807, 2.05) is 18.3 Å². The van der Waals surface area contributed by atoms with Gasteiger partial charge in [-0.3, -0.25) is 0 Å². The SMILES string of the molecule is CN1CCNC(Cc2ncc(-c3ccc(Br)cc3)[nH]2)C1. The van der Waals surface area contributed by atoms with Gasteiger partial charge in [0.15, 0.2) is 0 Å². The Labute approximate surface area is 127 Å². The molecule has 0 aliphatic carbocycles. The first-order valence-electron chi connectivity index (χ1n) is 6.92. The Morgan fingerprint density at radius 2 is 2.15 bits per heavy atom. The molecule has 1 aliphatic rings. The molecule has 1 unspecified atom stereocenters. The van der Waals surface area contributed by atoms with Gasteiger partial charge in [-0.2, -0.15) is 0 Å². The van der Waals surface area contributed by atoms with Gasteiger partial charge in [0, 0.05) is 36.6 Å². The van der Waals surface area contributed by atoms with Gasteiger partial charge in [0.05, 0.1) is 11.9 Å². The summed E-state index contributed by atoms with van der Waals surface area (Å²) in [6, 6.07) is 8.76. The molecule has 0 saturated carbocycles. The molecule has 2 heterocycles. The van der Waals surface area contributed by atoms with Crippen LogP contribution < -0.4 is 5.32 Å². The van der Waals surface area contributed by atoms with Gasteiger partial charge in [-0.25, -0.2) is 4.98 Å². The van der Waals surface area contributed by atoms with Gasteiger partial charge >= 0.3 is 0 Å². The molecule has 2 N–H and O–H groups in total. The van der Waals surface area contributed by atoms with Crippen molar-refractivity contribution in [2.75, 3.05) is 26.7 Å². The molecule has 1 atom stereocenters. The Morgan fingerprint density at radius 3 is 2.90 bits per heavy atom. The minimum Gasteiger partial charge on any atom is -0.342 e. The number of aromatic nitrogens is 2. The largest absolute Gasteiger partial charge is 0.342 e. The van der Waals surface area contributed by atoms with E-state index in [1.54, 1.807) is 0 Å². The second kappa shape index (κ2) is 6.08. The molecule has 1 saturated heterocycles. The summed E-state index contributed by atoms with van der Waals surface area (Å²) in [5, 5.41) is 3.55. The van der Waals surface area contributed by atoms with E-state index < -0.39 is 0 Å². The van der Waals surface area contributed by atoms with Crippen molar-refractivity contribution in [1.82, 2.24) is 20.2 Å². The van der Waals surface area contributed by atoms with Crippen LogP contribution >= 0.6 is 15.9 Å². The van der Waals surface area contributed by atoms with E-state index in [0.717, 1.165) is 42.0 Å². The van der Waals surface area contributed by atoms with Crippen LogP contribution in [0.25, 0.3) is 11.3 Å². The quantitative estimate of drug-likeness (QED) is 0.905. The lowest BCUT2D eigenvalue weighted by Gasteiger charge is -2.30. The van der Waals surface area contributed by atoms with Crippen molar-refractivity contribution in [2.24, 2.45) is 0 Å². The summed E-state index contributed by atoms with van der Waals surface area (Å²) in [6.07, 6.45) is 2.87. The number of hydrogen-bond acceptors (Lipinski definition) is 3. The van der Waals surface area contributed by atoms with E-state index in [4.69, 9.17) is 0 Å². The molecule has 0 bridgehead atoms. The Balaban J connectivity index is 1.69. The molecule has 0 amide bonds. The number of halogens is 1. The third kappa shape index (κ3) is 3.29. The number of aromatic amines is 1. The van der Waals surface area contributed by atoms with Gasteiger partial charge in [0.25, 0.3) is 0 Å². The Hall–Kier alpha value is -1.17. The monoisotopic (exact) mass is 334 g/mol. The first-order chi connectivity index (χ1) is 9.70. The predicted molar refractivity (Wildman–Crippen MR) is 84.7 cm³/mol. The Bertz CT molecular complexity index is 564. The number of hydrogen-bond donors (Lipinski definition) is 2. The number of rotatable bonds is 3. The molecule has 5 heteroatoms. The fraction of sp³-hybridized carbons (Fsp3) is 0.400. The first kappa shape index (κ1) is 13.8. The molecule has 0 radical (unpaired) electrons. The van der Waals surface area contributed by atoms with E-state index in [1.165, 1.54) is 5.56 Å². The summed E-state index contributed by atoms with van der Waals surface area (Å²) < 4.78 is 1.09. The molecular formula is C15H19BrN4. The second-order valence-electron chi connectivity index (χ2n) is 5.37. The molecule has 1 fully saturated rings. The van der Waals surface area contributed by atoms with Crippen LogP contribution in [-0.2, 0) is 6.42 Å². The predicted octanol–water partition coefficient (Wildman–Crippen LogP) is 2.29. The highest BCUT2D eigenvalue weighted by Gasteiger charge is 2.18. The number of imidazole rings is 1. The molecule has 106 valence electrons. The van der Waals surface area contributed by atoms with E-state index in [0.29, 0.717) is 6.04 Å². The van der Waals surface area contributed by atoms with Crippen LogP contribution in [0.4, 0.5) is 0 Å². The van der Waals surface area contributed by atoms with Crippen molar-refractivity contribution in [3.05, 3.63) is 40.8 Å².